The molecule has 0 amide bonds. The van der Waals surface area contributed by atoms with Crippen LogP contribution < -0.4 is 5.32 Å². The van der Waals surface area contributed by atoms with E-state index in [4.69, 9.17) is 0 Å². The van der Waals surface area contributed by atoms with Gasteiger partial charge in [0.2, 0.25) is 0 Å². The number of para-hydroxylation sites is 1. The van der Waals surface area contributed by atoms with Crippen molar-refractivity contribution in [2.45, 2.75) is 13.8 Å². The number of rotatable bonds is 2. The van der Waals surface area contributed by atoms with E-state index in [9.17, 15) is 0 Å². The topological polar surface area (TPSA) is 37.8 Å². The normalized spacial score (nSPS) is 10.2. The van der Waals surface area contributed by atoms with Crippen LogP contribution in [0.25, 0.3) is 21.7 Å². The van der Waals surface area contributed by atoms with Crippen LogP contribution in [-0.4, -0.2) is 9.97 Å². The zero-order chi connectivity index (χ0) is 16.1. The monoisotopic (exact) mass is 301 g/mol. The van der Waals surface area contributed by atoms with Crippen molar-refractivity contribution in [1.29, 1.82) is 0 Å². The summed E-state index contributed by atoms with van der Waals surface area (Å²) in [7, 11) is 0. The minimum Gasteiger partial charge on any atom is -0.340 e. The van der Waals surface area contributed by atoms with Gasteiger partial charge in [0.1, 0.15) is 12.1 Å². The van der Waals surface area contributed by atoms with Crippen LogP contribution in [0.5, 0.6) is 0 Å². The molecule has 0 atom stereocenters. The van der Waals surface area contributed by atoms with Crippen molar-refractivity contribution in [3.63, 3.8) is 0 Å². The molecule has 0 unspecified atom stereocenters. The van der Waals surface area contributed by atoms with Crippen LogP contribution in [0, 0.1) is 0 Å². The van der Waals surface area contributed by atoms with Crippen molar-refractivity contribution < 1.29 is 0 Å². The van der Waals surface area contributed by atoms with Crippen LogP contribution in [0.3, 0.4) is 0 Å². The van der Waals surface area contributed by atoms with Crippen LogP contribution in [-0.2, 0) is 0 Å². The SMILES string of the molecule is CC.c1ccc(Nc2ncnc3cc4ccccc4cc23)cc1. The molecule has 0 radical (unpaired) electrons. The predicted octanol–water partition coefficient (Wildman–Crippen LogP) is 5.55. The molecule has 4 aromatic rings. The third-order valence-electron chi connectivity index (χ3n) is 3.54. The second-order valence-corrected chi connectivity index (χ2v) is 4.93. The van der Waals surface area contributed by atoms with Crippen molar-refractivity contribution in [3.05, 3.63) is 73.1 Å². The van der Waals surface area contributed by atoms with E-state index in [0.717, 1.165) is 22.4 Å². The largest absolute Gasteiger partial charge is 0.340 e. The molecule has 0 spiro atoms. The molecule has 1 N–H and O–H groups in total. The van der Waals surface area contributed by atoms with Gasteiger partial charge in [0.05, 0.1) is 5.52 Å². The molecule has 0 bridgehead atoms. The zero-order valence-electron chi connectivity index (χ0n) is 13.3. The summed E-state index contributed by atoms with van der Waals surface area (Å²) in [5.41, 5.74) is 1.97. The van der Waals surface area contributed by atoms with Gasteiger partial charge in [-0.15, -0.1) is 0 Å². The number of nitrogens with one attached hydrogen (secondary N) is 1. The molecule has 1 heterocycles. The van der Waals surface area contributed by atoms with E-state index in [1.54, 1.807) is 6.33 Å². The third-order valence-corrected chi connectivity index (χ3v) is 3.54. The molecule has 1 aromatic heterocycles. The van der Waals surface area contributed by atoms with E-state index in [-0.39, 0.29) is 0 Å². The van der Waals surface area contributed by atoms with Crippen LogP contribution in [0.4, 0.5) is 11.5 Å². The fraction of sp³-hybridized carbons (Fsp3) is 0.100. The van der Waals surface area contributed by atoms with Gasteiger partial charge in [-0.3, -0.25) is 0 Å². The molecule has 0 fully saturated rings. The summed E-state index contributed by atoms with van der Waals surface area (Å²) in [5.74, 6) is 0.831. The molecule has 0 aliphatic heterocycles. The van der Waals surface area contributed by atoms with Gasteiger partial charge in [-0.2, -0.15) is 0 Å². The Bertz CT molecular complexity index is 917. The van der Waals surface area contributed by atoms with Gasteiger partial charge in [-0.05, 0) is 35.0 Å². The Morgan fingerprint density at radius 2 is 1.39 bits per heavy atom. The number of nitrogens with zero attached hydrogens (tertiary/aromatic N) is 2. The highest BCUT2D eigenvalue weighted by Crippen LogP contribution is 2.27. The Kier molecular flexibility index (Phi) is 4.48. The Hall–Kier alpha value is -2.94. The molecular formula is C20H19N3. The number of hydrogen-bond acceptors (Lipinski definition) is 3. The van der Waals surface area contributed by atoms with Gasteiger partial charge in [0.15, 0.2) is 0 Å². The minimum absolute atomic E-state index is 0.831. The molecule has 3 aromatic carbocycles. The quantitative estimate of drug-likeness (QED) is 0.493. The first-order valence-corrected chi connectivity index (χ1v) is 7.86. The maximum Gasteiger partial charge on any atom is 0.141 e. The molecule has 0 aliphatic carbocycles. The molecule has 0 saturated heterocycles. The molecule has 114 valence electrons. The molecule has 4 rings (SSSR count). The molecule has 0 saturated carbocycles. The smallest absolute Gasteiger partial charge is 0.141 e. The molecule has 3 nitrogen and oxygen atoms in total. The summed E-state index contributed by atoms with van der Waals surface area (Å²) in [6.07, 6.45) is 1.60. The highest BCUT2D eigenvalue weighted by atomic mass is 15.0. The standard InChI is InChI=1S/C18H13N3.C2H6/c1-2-8-15(9-3-1)21-18-16-10-13-6-4-5-7-14(13)11-17(16)19-12-20-18;1-2/h1-12H,(H,19,20,21);1-2H3. The highest BCUT2D eigenvalue weighted by molar-refractivity contribution is 6.01. The van der Waals surface area contributed by atoms with E-state index in [1.807, 2.05) is 56.3 Å². The van der Waals surface area contributed by atoms with Crippen molar-refractivity contribution in [2.75, 3.05) is 5.32 Å². The number of fused-ring (bicyclic) bond motifs is 2. The van der Waals surface area contributed by atoms with Gasteiger partial charge >= 0.3 is 0 Å². The lowest BCUT2D eigenvalue weighted by molar-refractivity contribution is 1.22. The lowest BCUT2D eigenvalue weighted by Gasteiger charge is -2.09. The van der Waals surface area contributed by atoms with Gasteiger partial charge in [-0.25, -0.2) is 9.97 Å². The first-order valence-electron chi connectivity index (χ1n) is 7.86. The maximum absolute atomic E-state index is 4.39. The second kappa shape index (κ2) is 6.88. The summed E-state index contributed by atoms with van der Waals surface area (Å²) in [4.78, 5) is 8.77. The fourth-order valence-electron chi connectivity index (χ4n) is 2.50. The van der Waals surface area contributed by atoms with Crippen molar-refractivity contribution in [2.24, 2.45) is 0 Å². The van der Waals surface area contributed by atoms with E-state index >= 15 is 0 Å². The van der Waals surface area contributed by atoms with Gasteiger partial charge in [0, 0.05) is 11.1 Å². The van der Waals surface area contributed by atoms with E-state index in [2.05, 4.69) is 39.6 Å². The number of hydrogen-bond donors (Lipinski definition) is 1. The van der Waals surface area contributed by atoms with E-state index in [0.29, 0.717) is 0 Å². The average Bonchev–Trinajstić information content (AvgIpc) is 2.63. The van der Waals surface area contributed by atoms with Gasteiger partial charge in [0.25, 0.3) is 0 Å². The Morgan fingerprint density at radius 3 is 2.13 bits per heavy atom. The van der Waals surface area contributed by atoms with Crippen LogP contribution >= 0.6 is 0 Å². The molecule has 0 aliphatic rings. The minimum atomic E-state index is 0.831. The van der Waals surface area contributed by atoms with Crippen molar-refractivity contribution in [1.82, 2.24) is 9.97 Å². The van der Waals surface area contributed by atoms with Gasteiger partial charge in [-0.1, -0.05) is 56.3 Å². The first kappa shape index (κ1) is 15.0. The zero-order valence-corrected chi connectivity index (χ0v) is 13.3. The number of anilines is 2. The predicted molar refractivity (Wildman–Crippen MR) is 98.1 cm³/mol. The Morgan fingerprint density at radius 1 is 0.739 bits per heavy atom. The first-order chi connectivity index (χ1) is 11.4. The molecule has 23 heavy (non-hydrogen) atoms. The van der Waals surface area contributed by atoms with Crippen LogP contribution in [0.1, 0.15) is 13.8 Å². The van der Waals surface area contributed by atoms with Gasteiger partial charge < -0.3 is 5.32 Å². The lowest BCUT2D eigenvalue weighted by atomic mass is 10.1. The summed E-state index contributed by atoms with van der Waals surface area (Å²) in [6.45, 7) is 4.00. The fourth-order valence-corrected chi connectivity index (χ4v) is 2.50. The summed E-state index contributed by atoms with van der Waals surface area (Å²) in [6, 6.07) is 22.6. The maximum atomic E-state index is 4.39. The second-order valence-electron chi connectivity index (χ2n) is 4.93. The Balaban J connectivity index is 0.000000753. The summed E-state index contributed by atoms with van der Waals surface area (Å²) < 4.78 is 0. The van der Waals surface area contributed by atoms with E-state index in [1.165, 1.54) is 10.8 Å². The van der Waals surface area contributed by atoms with E-state index < -0.39 is 0 Å². The van der Waals surface area contributed by atoms with Crippen LogP contribution in [0.15, 0.2) is 73.1 Å². The van der Waals surface area contributed by atoms with Crippen molar-refractivity contribution >= 4 is 33.2 Å². The summed E-state index contributed by atoms with van der Waals surface area (Å²) in [5, 5.41) is 6.77. The van der Waals surface area contributed by atoms with Crippen LogP contribution in [0.2, 0.25) is 0 Å². The molecule has 3 heteroatoms. The lowest BCUT2D eigenvalue weighted by Crippen LogP contribution is -1.95. The molecular weight excluding hydrogens is 282 g/mol. The number of benzene rings is 3. The highest BCUT2D eigenvalue weighted by Gasteiger charge is 2.05. The third kappa shape index (κ3) is 3.14. The van der Waals surface area contributed by atoms with Crippen molar-refractivity contribution in [3.8, 4) is 0 Å². The number of aromatic nitrogens is 2. The summed E-state index contributed by atoms with van der Waals surface area (Å²) >= 11 is 0. The Labute approximate surface area is 136 Å². The average molecular weight is 301 g/mol.